The first-order valence-corrected chi connectivity index (χ1v) is 9.16. The Balaban J connectivity index is 1.70. The van der Waals surface area contributed by atoms with Gasteiger partial charge in [0, 0.05) is 48.7 Å². The van der Waals surface area contributed by atoms with E-state index < -0.39 is 0 Å². The maximum absolute atomic E-state index is 13.1. The monoisotopic (exact) mass is 340 g/mol. The van der Waals surface area contributed by atoms with E-state index in [-0.39, 0.29) is 11.9 Å². The number of likely N-dealkylation sites (tertiary alicyclic amines) is 1. The highest BCUT2D eigenvalue weighted by atomic mass is 16.5. The number of rotatable bonds is 3. The van der Waals surface area contributed by atoms with Gasteiger partial charge in [0.15, 0.2) is 0 Å². The molecule has 1 unspecified atom stereocenters. The Morgan fingerprint density at radius 1 is 1.32 bits per heavy atom. The third-order valence-electron chi connectivity index (χ3n) is 5.23. The van der Waals surface area contributed by atoms with Crippen LogP contribution in [0.1, 0.15) is 59.5 Å². The molecule has 6 nitrogen and oxygen atoms in total. The zero-order valence-corrected chi connectivity index (χ0v) is 14.6. The second kappa shape index (κ2) is 6.96. The highest BCUT2D eigenvalue weighted by Gasteiger charge is 2.34. The first-order chi connectivity index (χ1) is 12.3. The van der Waals surface area contributed by atoms with Gasteiger partial charge in [0.25, 0.3) is 5.91 Å². The molecule has 2 aromatic heterocycles. The van der Waals surface area contributed by atoms with Gasteiger partial charge in [0.05, 0.1) is 24.9 Å². The molecule has 132 valence electrons. The molecule has 25 heavy (non-hydrogen) atoms. The van der Waals surface area contributed by atoms with Gasteiger partial charge < -0.3 is 9.64 Å². The molecule has 0 radical (unpaired) electrons. The summed E-state index contributed by atoms with van der Waals surface area (Å²) in [6.45, 7) is 5.11. The standard InChI is InChI=1S/C19H24N4O2/c1-2-23-16-8-12-25-13-15(16)18(21-23)17-5-3-4-11-22(17)19(24)14-6-9-20-10-7-14/h6-7,9-10,17H,2-5,8,11-13H2,1H3. The lowest BCUT2D eigenvalue weighted by molar-refractivity contribution is 0.0596. The van der Waals surface area contributed by atoms with E-state index in [1.165, 1.54) is 11.3 Å². The van der Waals surface area contributed by atoms with Gasteiger partial charge in [-0.1, -0.05) is 0 Å². The van der Waals surface area contributed by atoms with Crippen molar-refractivity contribution in [3.05, 3.63) is 47.0 Å². The summed E-state index contributed by atoms with van der Waals surface area (Å²) in [7, 11) is 0. The van der Waals surface area contributed by atoms with Crippen LogP contribution in [0.5, 0.6) is 0 Å². The topological polar surface area (TPSA) is 60.2 Å². The van der Waals surface area contributed by atoms with Crippen LogP contribution < -0.4 is 0 Å². The molecule has 0 N–H and O–H groups in total. The molecular weight excluding hydrogens is 316 g/mol. The average molecular weight is 340 g/mol. The largest absolute Gasteiger partial charge is 0.376 e. The fourth-order valence-corrected chi connectivity index (χ4v) is 3.98. The van der Waals surface area contributed by atoms with Crippen molar-refractivity contribution < 1.29 is 9.53 Å². The lowest BCUT2D eigenvalue weighted by Crippen LogP contribution is -2.39. The number of piperidine rings is 1. The normalized spacial score (nSPS) is 20.4. The number of aromatic nitrogens is 3. The van der Waals surface area contributed by atoms with E-state index in [4.69, 9.17) is 9.84 Å². The van der Waals surface area contributed by atoms with Crippen LogP contribution in [0.3, 0.4) is 0 Å². The van der Waals surface area contributed by atoms with Gasteiger partial charge in [-0.3, -0.25) is 14.5 Å². The van der Waals surface area contributed by atoms with Crippen LogP contribution in [0, 0.1) is 0 Å². The van der Waals surface area contributed by atoms with Gasteiger partial charge in [-0.25, -0.2) is 0 Å². The first kappa shape index (κ1) is 16.3. The molecule has 1 fully saturated rings. The SMILES string of the molecule is CCn1nc(C2CCCCN2C(=O)c2ccncc2)c2c1CCOC2. The van der Waals surface area contributed by atoms with E-state index >= 15 is 0 Å². The Kier molecular flexibility index (Phi) is 4.53. The number of hydrogen-bond acceptors (Lipinski definition) is 4. The summed E-state index contributed by atoms with van der Waals surface area (Å²) >= 11 is 0. The first-order valence-electron chi connectivity index (χ1n) is 9.16. The third kappa shape index (κ3) is 2.95. The highest BCUT2D eigenvalue weighted by Crippen LogP contribution is 2.35. The molecule has 4 heterocycles. The van der Waals surface area contributed by atoms with E-state index in [0.717, 1.165) is 51.1 Å². The highest BCUT2D eigenvalue weighted by molar-refractivity contribution is 5.94. The molecule has 4 rings (SSSR count). The minimum absolute atomic E-state index is 0.0395. The van der Waals surface area contributed by atoms with Gasteiger partial charge in [-0.05, 0) is 38.3 Å². The Hall–Kier alpha value is -2.21. The second-order valence-electron chi connectivity index (χ2n) is 6.67. The van der Waals surface area contributed by atoms with E-state index in [0.29, 0.717) is 12.2 Å². The summed E-state index contributed by atoms with van der Waals surface area (Å²) in [4.78, 5) is 19.1. The predicted molar refractivity (Wildman–Crippen MR) is 93.1 cm³/mol. The van der Waals surface area contributed by atoms with Gasteiger partial charge in [0.2, 0.25) is 0 Å². The number of hydrogen-bond donors (Lipinski definition) is 0. The quantitative estimate of drug-likeness (QED) is 0.862. The molecule has 0 aliphatic carbocycles. The van der Waals surface area contributed by atoms with E-state index in [9.17, 15) is 4.79 Å². The molecule has 0 spiro atoms. The van der Waals surface area contributed by atoms with Crippen LogP contribution in [0.25, 0.3) is 0 Å². The zero-order chi connectivity index (χ0) is 17.2. The number of aryl methyl sites for hydroxylation is 1. The number of pyridine rings is 1. The van der Waals surface area contributed by atoms with Gasteiger partial charge >= 0.3 is 0 Å². The summed E-state index contributed by atoms with van der Waals surface area (Å²) in [5.41, 5.74) is 4.22. The van der Waals surface area contributed by atoms with Crippen LogP contribution in [0.15, 0.2) is 24.5 Å². The Morgan fingerprint density at radius 3 is 2.96 bits per heavy atom. The van der Waals surface area contributed by atoms with Gasteiger partial charge in [-0.15, -0.1) is 0 Å². The van der Waals surface area contributed by atoms with Crippen molar-refractivity contribution in [2.24, 2.45) is 0 Å². The number of nitrogens with zero attached hydrogens (tertiary/aromatic N) is 4. The summed E-state index contributed by atoms with van der Waals surface area (Å²) in [6.07, 6.45) is 7.38. The van der Waals surface area contributed by atoms with Crippen molar-refractivity contribution in [2.75, 3.05) is 13.2 Å². The van der Waals surface area contributed by atoms with Crippen LogP contribution >= 0.6 is 0 Å². The fraction of sp³-hybridized carbons (Fsp3) is 0.526. The number of fused-ring (bicyclic) bond motifs is 1. The minimum atomic E-state index is 0.0395. The Bertz CT molecular complexity index is 756. The Morgan fingerprint density at radius 2 is 2.16 bits per heavy atom. The van der Waals surface area contributed by atoms with Crippen LogP contribution in [-0.2, 0) is 24.3 Å². The number of carbonyl (C=O) groups excluding carboxylic acids is 1. The predicted octanol–water partition coefficient (Wildman–Crippen LogP) is 2.74. The summed E-state index contributed by atoms with van der Waals surface area (Å²) < 4.78 is 7.79. The molecule has 1 saturated heterocycles. The smallest absolute Gasteiger partial charge is 0.254 e. The molecular formula is C19H24N4O2. The summed E-state index contributed by atoms with van der Waals surface area (Å²) in [6, 6.07) is 3.62. The third-order valence-corrected chi connectivity index (χ3v) is 5.23. The fourth-order valence-electron chi connectivity index (χ4n) is 3.98. The lowest BCUT2D eigenvalue weighted by Gasteiger charge is -2.35. The van der Waals surface area contributed by atoms with Crippen molar-refractivity contribution in [2.45, 2.75) is 51.8 Å². The molecule has 1 amide bonds. The second-order valence-corrected chi connectivity index (χ2v) is 6.67. The van der Waals surface area contributed by atoms with Crippen molar-refractivity contribution in [3.8, 4) is 0 Å². The van der Waals surface area contributed by atoms with Gasteiger partial charge in [-0.2, -0.15) is 5.10 Å². The molecule has 0 bridgehead atoms. The Labute approximate surface area is 147 Å². The van der Waals surface area contributed by atoms with Crippen molar-refractivity contribution >= 4 is 5.91 Å². The maximum Gasteiger partial charge on any atom is 0.254 e. The molecule has 0 saturated carbocycles. The maximum atomic E-state index is 13.1. The number of amides is 1. The summed E-state index contributed by atoms with van der Waals surface area (Å²) in [5, 5.41) is 4.89. The number of carbonyl (C=O) groups is 1. The van der Waals surface area contributed by atoms with E-state index in [1.54, 1.807) is 24.5 Å². The van der Waals surface area contributed by atoms with Crippen LogP contribution in [0.4, 0.5) is 0 Å². The molecule has 6 heteroatoms. The average Bonchev–Trinajstić information content (AvgIpc) is 3.07. The van der Waals surface area contributed by atoms with Crippen molar-refractivity contribution in [1.82, 2.24) is 19.7 Å². The molecule has 2 aliphatic rings. The summed E-state index contributed by atoms with van der Waals surface area (Å²) in [5.74, 6) is 0.0728. The van der Waals surface area contributed by atoms with E-state index in [1.807, 2.05) is 4.90 Å². The van der Waals surface area contributed by atoms with Gasteiger partial charge in [0.1, 0.15) is 0 Å². The number of ether oxygens (including phenoxy) is 1. The minimum Gasteiger partial charge on any atom is -0.376 e. The van der Waals surface area contributed by atoms with Crippen LogP contribution in [-0.4, -0.2) is 38.7 Å². The van der Waals surface area contributed by atoms with E-state index in [2.05, 4.69) is 16.6 Å². The lowest BCUT2D eigenvalue weighted by atomic mass is 9.94. The molecule has 2 aromatic rings. The van der Waals surface area contributed by atoms with Crippen LogP contribution in [0.2, 0.25) is 0 Å². The molecule has 1 atom stereocenters. The molecule has 0 aromatic carbocycles. The zero-order valence-electron chi connectivity index (χ0n) is 14.6. The van der Waals surface area contributed by atoms with Crippen molar-refractivity contribution in [3.63, 3.8) is 0 Å². The molecule has 2 aliphatic heterocycles. The van der Waals surface area contributed by atoms with Crippen molar-refractivity contribution in [1.29, 1.82) is 0 Å².